The van der Waals surface area contributed by atoms with Crippen LogP contribution in [0.15, 0.2) is 42.5 Å². The maximum Gasteiger partial charge on any atom is 0.338 e. The molecule has 0 amide bonds. The molecule has 0 aliphatic rings. The fourth-order valence-corrected chi connectivity index (χ4v) is 2.94. The van der Waals surface area contributed by atoms with Gasteiger partial charge in [-0.15, -0.1) is 0 Å². The molecular weight excluding hydrogens is 332 g/mol. The van der Waals surface area contributed by atoms with Gasteiger partial charge in [-0.25, -0.2) is 4.79 Å². The Balaban J connectivity index is 2.03. The minimum atomic E-state index is -0.314. The van der Waals surface area contributed by atoms with Crippen molar-refractivity contribution in [2.24, 2.45) is 0 Å². The van der Waals surface area contributed by atoms with E-state index in [1.54, 1.807) is 19.1 Å². The molecule has 0 saturated carbocycles. The molecule has 25 heavy (non-hydrogen) atoms. The number of rotatable bonds is 5. The molecule has 1 atom stereocenters. The van der Waals surface area contributed by atoms with Crippen LogP contribution in [0.5, 0.6) is 0 Å². The molecule has 132 valence electrons. The molecule has 0 bridgehead atoms. The van der Waals surface area contributed by atoms with E-state index in [9.17, 15) is 4.79 Å². The Hall–Kier alpha value is -2.40. The lowest BCUT2D eigenvalue weighted by Gasteiger charge is -2.20. The molecule has 0 aromatic heterocycles. The molecular formula is C20H24N2O2S. The Bertz CT molecular complexity index is 774. The summed E-state index contributed by atoms with van der Waals surface area (Å²) in [5, 5.41) is 7.04. The summed E-state index contributed by atoms with van der Waals surface area (Å²) in [7, 11) is 0. The van der Waals surface area contributed by atoms with Gasteiger partial charge in [0.2, 0.25) is 0 Å². The number of hydrogen-bond acceptors (Lipinski definition) is 3. The summed E-state index contributed by atoms with van der Waals surface area (Å²) in [5.41, 5.74) is 4.76. The zero-order valence-electron chi connectivity index (χ0n) is 15.1. The lowest BCUT2D eigenvalue weighted by atomic mass is 10.0. The molecule has 0 aliphatic carbocycles. The maximum absolute atomic E-state index is 11.8. The average molecular weight is 356 g/mol. The van der Waals surface area contributed by atoms with Crippen LogP contribution in [0.3, 0.4) is 0 Å². The normalized spacial score (nSPS) is 11.5. The van der Waals surface area contributed by atoms with Crippen LogP contribution in [0.4, 0.5) is 5.69 Å². The first-order valence-electron chi connectivity index (χ1n) is 8.33. The van der Waals surface area contributed by atoms with E-state index >= 15 is 0 Å². The van der Waals surface area contributed by atoms with Gasteiger partial charge in [-0.3, -0.25) is 0 Å². The van der Waals surface area contributed by atoms with E-state index in [2.05, 4.69) is 36.6 Å². The molecule has 5 heteroatoms. The second-order valence-corrected chi connectivity index (χ2v) is 6.34. The predicted molar refractivity (Wildman–Crippen MR) is 106 cm³/mol. The largest absolute Gasteiger partial charge is 0.462 e. The van der Waals surface area contributed by atoms with Gasteiger partial charge in [-0.1, -0.05) is 24.3 Å². The molecule has 2 rings (SSSR count). The molecule has 0 unspecified atom stereocenters. The van der Waals surface area contributed by atoms with Gasteiger partial charge in [0.1, 0.15) is 0 Å². The molecule has 2 aromatic carbocycles. The Kier molecular flexibility index (Phi) is 6.53. The van der Waals surface area contributed by atoms with Crippen molar-refractivity contribution in [1.29, 1.82) is 0 Å². The number of ether oxygens (including phenoxy) is 1. The quantitative estimate of drug-likeness (QED) is 0.609. The van der Waals surface area contributed by atoms with E-state index in [0.29, 0.717) is 17.3 Å². The molecule has 0 fully saturated rings. The third-order valence-electron chi connectivity index (χ3n) is 3.99. The van der Waals surface area contributed by atoms with Gasteiger partial charge in [0, 0.05) is 5.69 Å². The first kappa shape index (κ1) is 18.9. The molecule has 0 spiro atoms. The highest BCUT2D eigenvalue weighted by atomic mass is 32.1. The minimum Gasteiger partial charge on any atom is -0.462 e. The predicted octanol–water partition coefficient (Wildman–Crippen LogP) is 4.53. The van der Waals surface area contributed by atoms with Crippen LogP contribution in [0, 0.1) is 13.8 Å². The minimum absolute atomic E-state index is 0.0975. The van der Waals surface area contributed by atoms with Crippen LogP contribution in [0.2, 0.25) is 0 Å². The number of anilines is 1. The van der Waals surface area contributed by atoms with Crippen LogP contribution in [-0.2, 0) is 4.74 Å². The van der Waals surface area contributed by atoms with Gasteiger partial charge < -0.3 is 15.4 Å². The monoisotopic (exact) mass is 356 g/mol. The number of benzene rings is 2. The SMILES string of the molecule is CCOC(=O)c1ccc(NC(=S)N[C@H](C)c2ccccc2C)c(C)c1. The van der Waals surface area contributed by atoms with E-state index in [-0.39, 0.29) is 12.0 Å². The van der Waals surface area contributed by atoms with E-state index < -0.39 is 0 Å². The summed E-state index contributed by atoms with van der Waals surface area (Å²) in [6.45, 7) is 8.25. The zero-order valence-corrected chi connectivity index (χ0v) is 15.9. The summed E-state index contributed by atoms with van der Waals surface area (Å²) < 4.78 is 5.02. The summed E-state index contributed by atoms with van der Waals surface area (Å²) in [4.78, 5) is 11.8. The topological polar surface area (TPSA) is 50.4 Å². The van der Waals surface area contributed by atoms with E-state index in [1.165, 1.54) is 11.1 Å². The number of aryl methyl sites for hydroxylation is 2. The second kappa shape index (κ2) is 8.62. The standard InChI is InChI=1S/C20H24N2O2S/c1-5-24-19(23)16-10-11-18(14(3)12-16)22-20(25)21-15(4)17-9-7-6-8-13(17)2/h6-12,15H,5H2,1-4H3,(H2,21,22,25)/t15-/m1/s1. The highest BCUT2D eigenvalue weighted by molar-refractivity contribution is 7.80. The molecule has 4 nitrogen and oxygen atoms in total. The zero-order chi connectivity index (χ0) is 18.4. The van der Waals surface area contributed by atoms with Gasteiger partial charge in [0.15, 0.2) is 5.11 Å². The van der Waals surface area contributed by atoms with Crippen molar-refractivity contribution < 1.29 is 9.53 Å². The van der Waals surface area contributed by atoms with Crippen molar-refractivity contribution in [3.8, 4) is 0 Å². The molecule has 2 N–H and O–H groups in total. The van der Waals surface area contributed by atoms with E-state index in [0.717, 1.165) is 11.3 Å². The van der Waals surface area contributed by atoms with Crippen molar-refractivity contribution in [2.45, 2.75) is 33.7 Å². The fraction of sp³-hybridized carbons (Fsp3) is 0.300. The van der Waals surface area contributed by atoms with Crippen LogP contribution in [0.25, 0.3) is 0 Å². The lowest BCUT2D eigenvalue weighted by Crippen LogP contribution is -2.31. The fourth-order valence-electron chi connectivity index (χ4n) is 2.65. The van der Waals surface area contributed by atoms with Crippen molar-refractivity contribution in [3.05, 3.63) is 64.7 Å². The van der Waals surface area contributed by atoms with Crippen LogP contribution in [-0.4, -0.2) is 17.7 Å². The molecule has 0 radical (unpaired) electrons. The number of carbonyl (C=O) groups excluding carboxylic acids is 1. The second-order valence-electron chi connectivity index (χ2n) is 5.93. The van der Waals surface area contributed by atoms with E-state index in [1.807, 2.05) is 25.1 Å². The molecule has 0 aliphatic heterocycles. The Morgan fingerprint density at radius 3 is 2.52 bits per heavy atom. The summed E-state index contributed by atoms with van der Waals surface area (Å²) in [5.74, 6) is -0.314. The van der Waals surface area contributed by atoms with Gasteiger partial charge in [0.05, 0.1) is 18.2 Å². The smallest absolute Gasteiger partial charge is 0.338 e. The summed E-state index contributed by atoms with van der Waals surface area (Å²) in [6, 6.07) is 13.7. The third kappa shape index (κ3) is 5.03. The van der Waals surface area contributed by atoms with Gasteiger partial charge in [0.25, 0.3) is 0 Å². The number of carbonyl (C=O) groups is 1. The first-order valence-corrected chi connectivity index (χ1v) is 8.74. The molecule has 0 heterocycles. The number of thiocarbonyl (C=S) groups is 1. The number of nitrogens with one attached hydrogen (secondary N) is 2. The highest BCUT2D eigenvalue weighted by Gasteiger charge is 2.12. The Morgan fingerprint density at radius 2 is 1.88 bits per heavy atom. The Labute approximate surface area is 154 Å². The van der Waals surface area contributed by atoms with Crippen molar-refractivity contribution in [3.63, 3.8) is 0 Å². The maximum atomic E-state index is 11.8. The van der Waals surface area contributed by atoms with Gasteiger partial charge in [-0.05, 0) is 74.8 Å². The van der Waals surface area contributed by atoms with E-state index in [4.69, 9.17) is 17.0 Å². The van der Waals surface area contributed by atoms with Crippen LogP contribution >= 0.6 is 12.2 Å². The van der Waals surface area contributed by atoms with Crippen LogP contribution < -0.4 is 10.6 Å². The summed E-state index contributed by atoms with van der Waals surface area (Å²) >= 11 is 5.43. The van der Waals surface area contributed by atoms with Crippen molar-refractivity contribution in [1.82, 2.24) is 5.32 Å². The third-order valence-corrected chi connectivity index (χ3v) is 4.21. The molecule has 0 saturated heterocycles. The number of hydrogen-bond donors (Lipinski definition) is 2. The van der Waals surface area contributed by atoms with Crippen molar-refractivity contribution in [2.75, 3.05) is 11.9 Å². The summed E-state index contributed by atoms with van der Waals surface area (Å²) in [6.07, 6.45) is 0. The van der Waals surface area contributed by atoms with Gasteiger partial charge in [-0.2, -0.15) is 0 Å². The van der Waals surface area contributed by atoms with Crippen LogP contribution in [0.1, 0.15) is 46.9 Å². The Morgan fingerprint density at radius 1 is 1.16 bits per heavy atom. The van der Waals surface area contributed by atoms with Gasteiger partial charge >= 0.3 is 5.97 Å². The molecule has 2 aromatic rings. The lowest BCUT2D eigenvalue weighted by molar-refractivity contribution is 0.0526. The first-order chi connectivity index (χ1) is 11.9. The van der Waals surface area contributed by atoms with Crippen molar-refractivity contribution >= 4 is 29.0 Å². The average Bonchev–Trinajstić information content (AvgIpc) is 2.57. The highest BCUT2D eigenvalue weighted by Crippen LogP contribution is 2.19. The number of esters is 1.